The van der Waals surface area contributed by atoms with Crippen LogP contribution in [-0.4, -0.2) is 37.5 Å². The highest BCUT2D eigenvalue weighted by molar-refractivity contribution is 7.13. The van der Waals surface area contributed by atoms with Crippen molar-refractivity contribution in [2.24, 2.45) is 5.10 Å². The van der Waals surface area contributed by atoms with Gasteiger partial charge in [0.1, 0.15) is 0 Å². The van der Waals surface area contributed by atoms with E-state index in [2.05, 4.69) is 15.5 Å². The Labute approximate surface area is 160 Å². The molecule has 140 valence electrons. The van der Waals surface area contributed by atoms with Gasteiger partial charge < -0.3 is 14.2 Å². The number of ether oxygens (including phenoxy) is 3. The smallest absolute Gasteiger partial charge is 0.311 e. The molecule has 0 radical (unpaired) electrons. The summed E-state index contributed by atoms with van der Waals surface area (Å²) in [6, 6.07) is 3.43. The summed E-state index contributed by atoms with van der Waals surface area (Å²) in [5.41, 5.74) is 4.12. The second kappa shape index (κ2) is 9.98. The third-order valence-corrected chi connectivity index (χ3v) is 4.25. The lowest BCUT2D eigenvalue weighted by Crippen LogP contribution is -2.07. The molecule has 2 rings (SSSR count). The highest BCUT2D eigenvalue weighted by Crippen LogP contribution is 2.32. The number of aromatic nitrogens is 1. The number of rotatable bonds is 9. The van der Waals surface area contributed by atoms with Gasteiger partial charge in [0, 0.05) is 17.0 Å². The monoisotopic (exact) mass is 397 g/mol. The average molecular weight is 398 g/mol. The van der Waals surface area contributed by atoms with Crippen molar-refractivity contribution in [2.75, 3.05) is 25.7 Å². The number of anilines is 1. The molecule has 0 unspecified atom stereocenters. The van der Waals surface area contributed by atoms with Crippen LogP contribution in [0.1, 0.15) is 25.1 Å². The molecule has 9 heteroatoms. The number of nitrogens with one attached hydrogen (secondary N) is 1. The highest BCUT2D eigenvalue weighted by Gasteiger charge is 2.10. The molecule has 0 aliphatic carbocycles. The van der Waals surface area contributed by atoms with E-state index in [1.54, 1.807) is 37.8 Å². The van der Waals surface area contributed by atoms with E-state index in [1.807, 2.05) is 6.92 Å². The first-order valence-electron chi connectivity index (χ1n) is 7.96. The summed E-state index contributed by atoms with van der Waals surface area (Å²) in [5, 5.41) is 6.96. The standard InChI is InChI=1S/C17H20ClN3O4S/c1-4-24-15-8-13(18)11(6-14(15)23-3)9-19-21-17-20-12(10-26-17)7-16(22)25-5-2/h6,8-10H,4-5,7H2,1-3H3,(H,20,21). The van der Waals surface area contributed by atoms with Crippen molar-refractivity contribution < 1.29 is 19.0 Å². The minimum absolute atomic E-state index is 0.137. The molecule has 0 aliphatic rings. The number of hydrogen-bond donors (Lipinski definition) is 1. The van der Waals surface area contributed by atoms with Crippen molar-refractivity contribution in [1.82, 2.24) is 4.98 Å². The molecule has 0 fully saturated rings. The van der Waals surface area contributed by atoms with E-state index in [0.29, 0.717) is 46.1 Å². The first-order chi connectivity index (χ1) is 12.6. The fourth-order valence-corrected chi connectivity index (χ4v) is 2.90. The minimum Gasteiger partial charge on any atom is -0.493 e. The molecule has 2 aromatic rings. The maximum absolute atomic E-state index is 11.4. The zero-order valence-corrected chi connectivity index (χ0v) is 16.3. The van der Waals surface area contributed by atoms with Crippen molar-refractivity contribution in [3.63, 3.8) is 0 Å². The van der Waals surface area contributed by atoms with Crippen LogP contribution in [0.2, 0.25) is 5.02 Å². The molecular weight excluding hydrogens is 378 g/mol. The molecule has 0 saturated carbocycles. The summed E-state index contributed by atoms with van der Waals surface area (Å²) in [6.07, 6.45) is 1.70. The Kier molecular flexibility index (Phi) is 7.68. The zero-order chi connectivity index (χ0) is 18.9. The van der Waals surface area contributed by atoms with Gasteiger partial charge in [-0.3, -0.25) is 10.2 Å². The molecule has 1 N–H and O–H groups in total. The molecule has 0 aliphatic heterocycles. The summed E-state index contributed by atoms with van der Waals surface area (Å²) in [5.74, 6) is 0.846. The van der Waals surface area contributed by atoms with Crippen LogP contribution in [0.5, 0.6) is 11.5 Å². The van der Waals surface area contributed by atoms with Crippen LogP contribution in [0, 0.1) is 0 Å². The topological polar surface area (TPSA) is 82.0 Å². The third kappa shape index (κ3) is 5.60. The molecule has 0 saturated heterocycles. The van der Waals surface area contributed by atoms with Crippen molar-refractivity contribution in [3.8, 4) is 11.5 Å². The van der Waals surface area contributed by atoms with E-state index < -0.39 is 0 Å². The number of hydrogen-bond acceptors (Lipinski definition) is 8. The number of methoxy groups -OCH3 is 1. The number of carbonyl (C=O) groups is 1. The van der Waals surface area contributed by atoms with E-state index in [9.17, 15) is 4.79 Å². The Morgan fingerprint density at radius 1 is 1.35 bits per heavy atom. The summed E-state index contributed by atoms with van der Waals surface area (Å²) in [6.45, 7) is 4.52. The third-order valence-electron chi connectivity index (χ3n) is 3.13. The Bertz CT molecular complexity index is 779. The Hall–Kier alpha value is -2.32. The van der Waals surface area contributed by atoms with Gasteiger partial charge in [-0.05, 0) is 19.9 Å². The van der Waals surface area contributed by atoms with Crippen LogP contribution in [0.3, 0.4) is 0 Å². The van der Waals surface area contributed by atoms with Gasteiger partial charge in [-0.1, -0.05) is 11.6 Å². The van der Waals surface area contributed by atoms with Gasteiger partial charge in [0.2, 0.25) is 5.13 Å². The number of nitrogens with zero attached hydrogens (tertiary/aromatic N) is 2. The number of carbonyl (C=O) groups excluding carboxylic acids is 1. The van der Waals surface area contributed by atoms with Crippen LogP contribution in [-0.2, 0) is 16.0 Å². The first kappa shape index (κ1) is 20.0. The molecular formula is C17H20ClN3O4S. The predicted octanol–water partition coefficient (Wildman–Crippen LogP) is 3.76. The fraction of sp³-hybridized carbons (Fsp3) is 0.353. The highest BCUT2D eigenvalue weighted by atomic mass is 35.5. The molecule has 0 atom stereocenters. The molecule has 1 heterocycles. The quantitative estimate of drug-likeness (QED) is 0.394. The molecule has 0 amide bonds. The predicted molar refractivity (Wildman–Crippen MR) is 103 cm³/mol. The number of benzene rings is 1. The van der Waals surface area contributed by atoms with Crippen LogP contribution in [0.15, 0.2) is 22.6 Å². The van der Waals surface area contributed by atoms with E-state index in [-0.39, 0.29) is 12.4 Å². The van der Waals surface area contributed by atoms with Gasteiger partial charge in [-0.2, -0.15) is 5.10 Å². The van der Waals surface area contributed by atoms with E-state index in [1.165, 1.54) is 11.3 Å². The lowest BCUT2D eigenvalue weighted by Gasteiger charge is -2.10. The lowest BCUT2D eigenvalue weighted by molar-refractivity contribution is -0.142. The van der Waals surface area contributed by atoms with Gasteiger partial charge in [-0.15, -0.1) is 11.3 Å². The zero-order valence-electron chi connectivity index (χ0n) is 14.7. The van der Waals surface area contributed by atoms with E-state index >= 15 is 0 Å². The normalized spacial score (nSPS) is 10.8. The summed E-state index contributed by atoms with van der Waals surface area (Å²) in [7, 11) is 1.56. The SMILES string of the molecule is CCOC(=O)Cc1csc(NN=Cc2cc(OC)c(OCC)cc2Cl)n1. The van der Waals surface area contributed by atoms with Crippen LogP contribution < -0.4 is 14.9 Å². The van der Waals surface area contributed by atoms with Crippen molar-refractivity contribution in [2.45, 2.75) is 20.3 Å². The number of hydrazone groups is 1. The molecule has 1 aromatic carbocycles. The van der Waals surface area contributed by atoms with Crippen molar-refractivity contribution in [3.05, 3.63) is 33.8 Å². The average Bonchev–Trinajstić information content (AvgIpc) is 3.04. The largest absolute Gasteiger partial charge is 0.493 e. The number of halogens is 1. The van der Waals surface area contributed by atoms with Crippen molar-refractivity contribution >= 4 is 40.3 Å². The van der Waals surface area contributed by atoms with E-state index in [4.69, 9.17) is 25.8 Å². The van der Waals surface area contributed by atoms with Gasteiger partial charge in [0.25, 0.3) is 0 Å². The maximum Gasteiger partial charge on any atom is 0.311 e. The van der Waals surface area contributed by atoms with Crippen molar-refractivity contribution in [1.29, 1.82) is 0 Å². The minimum atomic E-state index is -0.305. The van der Waals surface area contributed by atoms with Gasteiger partial charge >= 0.3 is 5.97 Å². The van der Waals surface area contributed by atoms with Gasteiger partial charge in [0.15, 0.2) is 11.5 Å². The summed E-state index contributed by atoms with van der Waals surface area (Å²) >= 11 is 7.59. The number of esters is 1. The Morgan fingerprint density at radius 3 is 2.85 bits per heavy atom. The molecule has 7 nitrogen and oxygen atoms in total. The Balaban J connectivity index is 2.02. The van der Waals surface area contributed by atoms with Gasteiger partial charge in [0.05, 0.1) is 43.7 Å². The van der Waals surface area contributed by atoms with Crippen LogP contribution in [0.25, 0.3) is 0 Å². The first-order valence-corrected chi connectivity index (χ1v) is 9.22. The van der Waals surface area contributed by atoms with E-state index in [0.717, 1.165) is 0 Å². The summed E-state index contributed by atoms with van der Waals surface area (Å²) < 4.78 is 15.7. The second-order valence-corrected chi connectivity index (χ2v) is 6.22. The maximum atomic E-state index is 11.4. The summed E-state index contributed by atoms with van der Waals surface area (Å²) in [4.78, 5) is 15.7. The molecule has 0 spiro atoms. The lowest BCUT2D eigenvalue weighted by atomic mass is 10.2. The number of thiazole rings is 1. The fourth-order valence-electron chi connectivity index (χ4n) is 2.03. The Morgan fingerprint density at radius 2 is 2.15 bits per heavy atom. The van der Waals surface area contributed by atoms with Crippen LogP contribution >= 0.6 is 22.9 Å². The molecule has 26 heavy (non-hydrogen) atoms. The molecule has 1 aromatic heterocycles. The van der Waals surface area contributed by atoms with Crippen LogP contribution in [0.4, 0.5) is 5.13 Å². The molecule has 0 bridgehead atoms. The van der Waals surface area contributed by atoms with Gasteiger partial charge in [-0.25, -0.2) is 4.98 Å². The second-order valence-electron chi connectivity index (χ2n) is 4.95.